The number of esters is 1. The maximum atomic E-state index is 10.9. The van der Waals surface area contributed by atoms with Gasteiger partial charge < -0.3 is 19.9 Å². The first-order valence-corrected chi connectivity index (χ1v) is 4.74. The van der Waals surface area contributed by atoms with Crippen LogP contribution in [0, 0.1) is 0 Å². The van der Waals surface area contributed by atoms with Crippen molar-refractivity contribution in [1.82, 2.24) is 5.32 Å². The first kappa shape index (κ1) is 13.4. The number of rotatable bonds is 8. The van der Waals surface area contributed by atoms with E-state index in [1.807, 2.05) is 0 Å². The average molecular weight is 205 g/mol. The number of aliphatic hydroxyl groups is 1. The molecule has 0 fully saturated rings. The van der Waals surface area contributed by atoms with Crippen LogP contribution in [0.5, 0.6) is 0 Å². The van der Waals surface area contributed by atoms with Crippen LogP contribution in [0.3, 0.4) is 0 Å². The quantitative estimate of drug-likeness (QED) is 0.414. The van der Waals surface area contributed by atoms with Crippen LogP contribution in [0.2, 0.25) is 0 Å². The third kappa shape index (κ3) is 7.97. The van der Waals surface area contributed by atoms with Gasteiger partial charge in [0.2, 0.25) is 0 Å². The summed E-state index contributed by atoms with van der Waals surface area (Å²) in [6.07, 6.45) is -0.199. The van der Waals surface area contributed by atoms with E-state index in [4.69, 9.17) is 9.47 Å². The third-order valence-electron chi connectivity index (χ3n) is 1.55. The highest BCUT2D eigenvalue weighted by atomic mass is 16.5. The molecule has 0 aliphatic carbocycles. The normalized spacial score (nSPS) is 12.5. The monoisotopic (exact) mass is 205 g/mol. The van der Waals surface area contributed by atoms with E-state index in [1.165, 1.54) is 7.11 Å². The lowest BCUT2D eigenvalue weighted by molar-refractivity contribution is -0.143. The molecule has 0 aromatic heterocycles. The molecule has 0 spiro atoms. The predicted octanol–water partition coefficient (Wildman–Crippen LogP) is -0.463. The van der Waals surface area contributed by atoms with Gasteiger partial charge in [0.1, 0.15) is 0 Å². The van der Waals surface area contributed by atoms with Gasteiger partial charge in [0, 0.05) is 20.2 Å². The smallest absolute Gasteiger partial charge is 0.307 e. The zero-order valence-corrected chi connectivity index (χ0v) is 8.78. The molecule has 0 saturated heterocycles. The Kier molecular flexibility index (Phi) is 8.51. The Hall–Kier alpha value is -0.650. The largest absolute Gasteiger partial charge is 0.466 e. The summed E-state index contributed by atoms with van der Waals surface area (Å²) in [5.74, 6) is -0.221. The minimum absolute atomic E-state index is 0.221. The molecule has 14 heavy (non-hydrogen) atoms. The Morgan fingerprint density at radius 3 is 2.86 bits per heavy atom. The third-order valence-corrected chi connectivity index (χ3v) is 1.55. The summed E-state index contributed by atoms with van der Waals surface area (Å²) in [6.45, 7) is 3.41. The van der Waals surface area contributed by atoms with Gasteiger partial charge in [0.05, 0.1) is 25.7 Å². The Morgan fingerprint density at radius 2 is 2.29 bits per heavy atom. The van der Waals surface area contributed by atoms with Gasteiger partial charge in [-0.05, 0) is 6.92 Å². The van der Waals surface area contributed by atoms with Crippen LogP contribution in [0.1, 0.15) is 13.3 Å². The maximum Gasteiger partial charge on any atom is 0.307 e. The number of hydrogen-bond donors (Lipinski definition) is 2. The van der Waals surface area contributed by atoms with Gasteiger partial charge in [0.15, 0.2) is 0 Å². The molecule has 0 aliphatic heterocycles. The van der Waals surface area contributed by atoms with E-state index in [9.17, 15) is 9.90 Å². The van der Waals surface area contributed by atoms with Gasteiger partial charge in [0.25, 0.3) is 0 Å². The molecule has 0 radical (unpaired) electrons. The van der Waals surface area contributed by atoms with E-state index < -0.39 is 6.10 Å². The molecule has 0 aromatic rings. The van der Waals surface area contributed by atoms with E-state index in [2.05, 4.69) is 5.32 Å². The van der Waals surface area contributed by atoms with Crippen molar-refractivity contribution >= 4 is 5.97 Å². The molecule has 84 valence electrons. The van der Waals surface area contributed by atoms with Gasteiger partial charge in [-0.25, -0.2) is 0 Å². The molecule has 0 saturated carbocycles. The van der Waals surface area contributed by atoms with Crippen molar-refractivity contribution in [2.24, 2.45) is 0 Å². The fraction of sp³-hybridized carbons (Fsp3) is 0.889. The van der Waals surface area contributed by atoms with Crippen molar-refractivity contribution in [3.8, 4) is 0 Å². The standard InChI is InChI=1S/C9H19NO4/c1-3-14-9(12)4-5-10-6-8(11)7-13-2/h8,10-11H,3-7H2,1-2H3. The number of hydrogen-bond acceptors (Lipinski definition) is 5. The highest BCUT2D eigenvalue weighted by Gasteiger charge is 2.04. The molecular formula is C9H19NO4. The topological polar surface area (TPSA) is 67.8 Å². The lowest BCUT2D eigenvalue weighted by Gasteiger charge is -2.10. The molecule has 0 aromatic carbocycles. The number of carbonyl (C=O) groups is 1. The Bertz CT molecular complexity index is 152. The van der Waals surface area contributed by atoms with Gasteiger partial charge in [-0.2, -0.15) is 0 Å². The summed E-state index contributed by atoms with van der Waals surface area (Å²) in [6, 6.07) is 0. The first-order chi connectivity index (χ1) is 6.70. The van der Waals surface area contributed by atoms with Crippen LogP contribution in [0.15, 0.2) is 0 Å². The van der Waals surface area contributed by atoms with Crippen LogP contribution >= 0.6 is 0 Å². The molecule has 0 bridgehead atoms. The predicted molar refractivity (Wildman–Crippen MR) is 52.0 cm³/mol. The molecule has 0 rings (SSSR count). The molecule has 5 heteroatoms. The molecule has 0 aliphatic rings. The summed E-state index contributed by atoms with van der Waals surface area (Å²) in [4.78, 5) is 10.9. The first-order valence-electron chi connectivity index (χ1n) is 4.74. The number of ether oxygens (including phenoxy) is 2. The fourth-order valence-electron chi connectivity index (χ4n) is 0.944. The van der Waals surface area contributed by atoms with E-state index in [-0.39, 0.29) is 5.97 Å². The highest BCUT2D eigenvalue weighted by Crippen LogP contribution is 1.85. The van der Waals surface area contributed by atoms with Crippen LogP contribution < -0.4 is 5.32 Å². The number of aliphatic hydroxyl groups excluding tert-OH is 1. The van der Waals surface area contributed by atoms with Gasteiger partial charge in [-0.3, -0.25) is 4.79 Å². The molecule has 1 atom stereocenters. The maximum absolute atomic E-state index is 10.9. The Balaban J connectivity index is 3.24. The Morgan fingerprint density at radius 1 is 1.57 bits per heavy atom. The van der Waals surface area contributed by atoms with Crippen LogP contribution in [0.4, 0.5) is 0 Å². The van der Waals surface area contributed by atoms with Gasteiger partial charge in [-0.15, -0.1) is 0 Å². The van der Waals surface area contributed by atoms with Crippen molar-refractivity contribution in [1.29, 1.82) is 0 Å². The Labute approximate surface area is 84.4 Å². The summed E-state index contributed by atoms with van der Waals surface area (Å²) in [5.41, 5.74) is 0. The molecule has 1 unspecified atom stereocenters. The zero-order valence-electron chi connectivity index (χ0n) is 8.78. The minimum atomic E-state index is -0.526. The molecule has 0 heterocycles. The van der Waals surface area contributed by atoms with Gasteiger partial charge in [-0.1, -0.05) is 0 Å². The highest BCUT2D eigenvalue weighted by molar-refractivity contribution is 5.69. The van der Waals surface area contributed by atoms with Crippen LogP contribution in [-0.2, 0) is 14.3 Å². The number of carbonyl (C=O) groups excluding carboxylic acids is 1. The van der Waals surface area contributed by atoms with Gasteiger partial charge >= 0.3 is 5.97 Å². The van der Waals surface area contributed by atoms with Crippen molar-refractivity contribution in [3.63, 3.8) is 0 Å². The second-order valence-electron chi connectivity index (χ2n) is 2.87. The summed E-state index contributed by atoms with van der Waals surface area (Å²) in [7, 11) is 1.53. The van der Waals surface area contributed by atoms with Crippen molar-refractivity contribution in [3.05, 3.63) is 0 Å². The molecule has 5 nitrogen and oxygen atoms in total. The summed E-state index contributed by atoms with van der Waals surface area (Å²) >= 11 is 0. The van der Waals surface area contributed by atoms with E-state index in [0.29, 0.717) is 32.7 Å². The summed E-state index contributed by atoms with van der Waals surface area (Å²) in [5, 5.41) is 12.1. The second kappa shape index (κ2) is 8.93. The number of methoxy groups -OCH3 is 1. The lowest BCUT2D eigenvalue weighted by Crippen LogP contribution is -2.31. The molecular weight excluding hydrogens is 186 g/mol. The van der Waals surface area contributed by atoms with Crippen molar-refractivity contribution < 1.29 is 19.4 Å². The second-order valence-corrected chi connectivity index (χ2v) is 2.87. The van der Waals surface area contributed by atoms with Crippen LogP contribution in [0.25, 0.3) is 0 Å². The van der Waals surface area contributed by atoms with E-state index in [0.717, 1.165) is 0 Å². The van der Waals surface area contributed by atoms with Crippen LogP contribution in [-0.4, -0.2) is 50.6 Å². The molecule has 0 amide bonds. The zero-order chi connectivity index (χ0) is 10.8. The van der Waals surface area contributed by atoms with E-state index >= 15 is 0 Å². The van der Waals surface area contributed by atoms with E-state index in [1.54, 1.807) is 6.92 Å². The SMILES string of the molecule is CCOC(=O)CCNCC(O)COC. The minimum Gasteiger partial charge on any atom is -0.466 e. The van der Waals surface area contributed by atoms with Crippen molar-refractivity contribution in [2.75, 3.05) is 33.4 Å². The molecule has 2 N–H and O–H groups in total. The fourth-order valence-corrected chi connectivity index (χ4v) is 0.944. The lowest BCUT2D eigenvalue weighted by atomic mass is 10.3. The number of nitrogens with one attached hydrogen (secondary N) is 1. The average Bonchev–Trinajstić information content (AvgIpc) is 2.13. The van der Waals surface area contributed by atoms with Crippen molar-refractivity contribution in [2.45, 2.75) is 19.4 Å². The summed E-state index contributed by atoms with van der Waals surface area (Å²) < 4.78 is 9.47.